The molecule has 1 N–H and O–H groups in total. The first-order valence-corrected chi connectivity index (χ1v) is 9.77. The molecule has 30 heavy (non-hydrogen) atoms. The molecular weight excluding hydrogens is 387 g/mol. The number of guanidine groups is 1. The van der Waals surface area contributed by atoms with E-state index in [0.29, 0.717) is 17.9 Å². The zero-order valence-electron chi connectivity index (χ0n) is 17.5. The number of hydrogen-bond acceptors (Lipinski definition) is 5. The predicted octanol–water partition coefficient (Wildman–Crippen LogP) is 2.52. The largest absolute Gasteiger partial charge is 0.496 e. The number of halogens is 1. The molecule has 1 aliphatic heterocycles. The number of benzene rings is 2. The minimum Gasteiger partial charge on any atom is -0.496 e. The number of anilines is 1. The quantitative estimate of drug-likeness (QED) is 0.461. The fourth-order valence-corrected chi connectivity index (χ4v) is 3.48. The van der Waals surface area contributed by atoms with E-state index in [-0.39, 0.29) is 5.82 Å². The van der Waals surface area contributed by atoms with Gasteiger partial charge in [0.25, 0.3) is 0 Å². The van der Waals surface area contributed by atoms with Crippen LogP contribution in [0.15, 0.2) is 47.5 Å². The van der Waals surface area contributed by atoms with Crippen molar-refractivity contribution in [2.75, 3.05) is 52.3 Å². The molecule has 8 heteroatoms. The molecule has 2 aromatic carbocycles. The minimum atomic E-state index is -0.435. The molecule has 0 aromatic heterocycles. The van der Waals surface area contributed by atoms with Gasteiger partial charge in [-0.25, -0.2) is 9.18 Å². The molecule has 0 atom stereocenters. The van der Waals surface area contributed by atoms with Crippen LogP contribution in [0.25, 0.3) is 0 Å². The van der Waals surface area contributed by atoms with Gasteiger partial charge < -0.3 is 24.6 Å². The lowest BCUT2D eigenvalue weighted by molar-refractivity contribution is 0.0597. The summed E-state index contributed by atoms with van der Waals surface area (Å²) in [5.41, 5.74) is 2.33. The van der Waals surface area contributed by atoms with Crippen molar-refractivity contribution < 1.29 is 18.7 Å². The maximum absolute atomic E-state index is 13.1. The summed E-state index contributed by atoms with van der Waals surface area (Å²) in [6.07, 6.45) is 0. The summed E-state index contributed by atoms with van der Waals surface area (Å²) in [7, 11) is 4.62. The summed E-state index contributed by atoms with van der Waals surface area (Å²) in [5.74, 6) is 0.613. The SMILES string of the molecule is CN=C(NCc1ccc(OC)c(C(=O)OC)c1)N1CCN(c2ccc(F)cc2)CC1. The lowest BCUT2D eigenvalue weighted by Crippen LogP contribution is -2.52. The van der Waals surface area contributed by atoms with Crippen LogP contribution >= 0.6 is 0 Å². The van der Waals surface area contributed by atoms with E-state index in [4.69, 9.17) is 9.47 Å². The summed E-state index contributed by atoms with van der Waals surface area (Å²) in [6, 6.07) is 12.0. The Labute approximate surface area is 176 Å². The molecule has 2 aromatic rings. The maximum Gasteiger partial charge on any atom is 0.341 e. The molecule has 7 nitrogen and oxygen atoms in total. The number of ether oxygens (including phenoxy) is 2. The average molecular weight is 414 g/mol. The summed E-state index contributed by atoms with van der Waals surface area (Å²) in [4.78, 5) is 20.8. The fourth-order valence-electron chi connectivity index (χ4n) is 3.48. The first-order valence-electron chi connectivity index (χ1n) is 9.77. The second-order valence-electron chi connectivity index (χ2n) is 6.88. The second kappa shape index (κ2) is 9.96. The Hall–Kier alpha value is -3.29. The molecule has 1 heterocycles. The molecule has 1 aliphatic rings. The van der Waals surface area contributed by atoms with Gasteiger partial charge in [-0.15, -0.1) is 0 Å². The van der Waals surface area contributed by atoms with E-state index in [1.165, 1.54) is 26.4 Å². The van der Waals surface area contributed by atoms with Crippen molar-refractivity contribution in [1.82, 2.24) is 10.2 Å². The first kappa shape index (κ1) is 21.4. The lowest BCUT2D eigenvalue weighted by Gasteiger charge is -2.37. The van der Waals surface area contributed by atoms with Gasteiger partial charge in [-0.2, -0.15) is 0 Å². The third kappa shape index (κ3) is 5.00. The number of nitrogens with zero attached hydrogens (tertiary/aromatic N) is 3. The average Bonchev–Trinajstić information content (AvgIpc) is 2.79. The van der Waals surface area contributed by atoms with Crippen molar-refractivity contribution in [3.05, 3.63) is 59.4 Å². The number of methoxy groups -OCH3 is 2. The molecule has 0 unspecified atom stereocenters. The van der Waals surface area contributed by atoms with Crippen molar-refractivity contribution in [1.29, 1.82) is 0 Å². The van der Waals surface area contributed by atoms with Crippen LogP contribution in [-0.2, 0) is 11.3 Å². The Morgan fingerprint density at radius 2 is 1.80 bits per heavy atom. The van der Waals surface area contributed by atoms with Gasteiger partial charge in [0.15, 0.2) is 5.96 Å². The number of aliphatic imine (C=N–C) groups is 1. The van der Waals surface area contributed by atoms with Crippen LogP contribution in [0.4, 0.5) is 10.1 Å². The summed E-state index contributed by atoms with van der Waals surface area (Å²) < 4.78 is 23.2. The normalized spacial score (nSPS) is 14.5. The Kier molecular flexibility index (Phi) is 7.11. The van der Waals surface area contributed by atoms with Gasteiger partial charge in [-0.05, 0) is 42.0 Å². The zero-order chi connectivity index (χ0) is 21.5. The van der Waals surface area contributed by atoms with Crippen LogP contribution in [0.2, 0.25) is 0 Å². The van der Waals surface area contributed by atoms with E-state index >= 15 is 0 Å². The number of rotatable bonds is 5. The molecular formula is C22H27FN4O3. The lowest BCUT2D eigenvalue weighted by atomic mass is 10.1. The van der Waals surface area contributed by atoms with E-state index in [1.54, 1.807) is 31.3 Å². The Bertz CT molecular complexity index is 894. The van der Waals surface area contributed by atoms with Crippen LogP contribution in [-0.4, -0.2) is 64.3 Å². The number of esters is 1. The van der Waals surface area contributed by atoms with Gasteiger partial charge in [0, 0.05) is 45.5 Å². The third-order valence-corrected chi connectivity index (χ3v) is 5.10. The van der Waals surface area contributed by atoms with Crippen molar-refractivity contribution in [2.24, 2.45) is 4.99 Å². The highest BCUT2D eigenvalue weighted by Crippen LogP contribution is 2.21. The molecule has 3 rings (SSSR count). The Balaban J connectivity index is 1.59. The van der Waals surface area contributed by atoms with Crippen molar-refractivity contribution in [3.63, 3.8) is 0 Å². The molecule has 0 amide bonds. The van der Waals surface area contributed by atoms with E-state index < -0.39 is 5.97 Å². The molecule has 0 bridgehead atoms. The van der Waals surface area contributed by atoms with E-state index in [1.807, 2.05) is 6.07 Å². The predicted molar refractivity (Wildman–Crippen MR) is 115 cm³/mol. The monoisotopic (exact) mass is 414 g/mol. The van der Waals surface area contributed by atoms with Crippen LogP contribution in [0.5, 0.6) is 5.75 Å². The van der Waals surface area contributed by atoms with Crippen molar-refractivity contribution in [2.45, 2.75) is 6.54 Å². The van der Waals surface area contributed by atoms with Crippen LogP contribution in [0, 0.1) is 5.82 Å². The van der Waals surface area contributed by atoms with E-state index in [0.717, 1.165) is 43.4 Å². The van der Waals surface area contributed by atoms with E-state index in [9.17, 15) is 9.18 Å². The second-order valence-corrected chi connectivity index (χ2v) is 6.88. The summed E-state index contributed by atoms with van der Waals surface area (Å²) in [6.45, 7) is 3.75. The number of piperazine rings is 1. The number of hydrogen-bond donors (Lipinski definition) is 1. The van der Waals surface area contributed by atoms with Gasteiger partial charge in [0.05, 0.1) is 14.2 Å². The minimum absolute atomic E-state index is 0.226. The van der Waals surface area contributed by atoms with Gasteiger partial charge in [-0.3, -0.25) is 4.99 Å². The number of nitrogens with one attached hydrogen (secondary N) is 1. The molecule has 0 aliphatic carbocycles. The standard InChI is InChI=1S/C22H27FN4O3/c1-24-22(25-15-16-4-9-20(29-2)19(14-16)21(28)30-3)27-12-10-26(11-13-27)18-7-5-17(23)6-8-18/h4-9,14H,10-13,15H2,1-3H3,(H,24,25). The van der Waals surface area contributed by atoms with Crippen LogP contribution in [0.1, 0.15) is 15.9 Å². The maximum atomic E-state index is 13.1. The van der Waals surface area contributed by atoms with E-state index in [2.05, 4.69) is 20.1 Å². The van der Waals surface area contributed by atoms with Gasteiger partial charge in [-0.1, -0.05) is 6.07 Å². The summed E-state index contributed by atoms with van der Waals surface area (Å²) >= 11 is 0. The molecule has 1 saturated heterocycles. The topological polar surface area (TPSA) is 66.4 Å². The van der Waals surface area contributed by atoms with Crippen LogP contribution < -0.4 is 15.0 Å². The first-order chi connectivity index (χ1) is 14.5. The fraction of sp³-hybridized carbons (Fsp3) is 0.364. The van der Waals surface area contributed by atoms with Gasteiger partial charge in [0.1, 0.15) is 17.1 Å². The molecule has 0 spiro atoms. The zero-order valence-corrected chi connectivity index (χ0v) is 17.5. The van der Waals surface area contributed by atoms with Gasteiger partial charge in [0.2, 0.25) is 0 Å². The molecule has 1 fully saturated rings. The number of carbonyl (C=O) groups excluding carboxylic acids is 1. The van der Waals surface area contributed by atoms with Crippen molar-refractivity contribution >= 4 is 17.6 Å². The Morgan fingerprint density at radius 1 is 1.10 bits per heavy atom. The Morgan fingerprint density at radius 3 is 2.40 bits per heavy atom. The number of carbonyl (C=O) groups is 1. The smallest absolute Gasteiger partial charge is 0.341 e. The van der Waals surface area contributed by atoms with Crippen LogP contribution in [0.3, 0.4) is 0 Å². The highest BCUT2D eigenvalue weighted by atomic mass is 19.1. The molecule has 160 valence electrons. The third-order valence-electron chi connectivity index (χ3n) is 5.10. The van der Waals surface area contributed by atoms with Crippen molar-refractivity contribution in [3.8, 4) is 5.75 Å². The highest BCUT2D eigenvalue weighted by molar-refractivity contribution is 5.92. The summed E-state index contributed by atoms with van der Waals surface area (Å²) in [5, 5.41) is 3.35. The molecule has 0 radical (unpaired) electrons. The molecule has 0 saturated carbocycles. The highest BCUT2D eigenvalue weighted by Gasteiger charge is 2.20. The van der Waals surface area contributed by atoms with Gasteiger partial charge >= 0.3 is 5.97 Å².